The summed E-state index contributed by atoms with van der Waals surface area (Å²) in [7, 11) is 0. The van der Waals surface area contributed by atoms with Crippen LogP contribution in [0.15, 0.2) is 0 Å². The van der Waals surface area contributed by atoms with Gasteiger partial charge < -0.3 is 14.9 Å². The molecule has 0 spiro atoms. The first-order valence-electron chi connectivity index (χ1n) is 8.24. The van der Waals surface area contributed by atoms with Crippen LogP contribution in [0.5, 0.6) is 0 Å². The van der Waals surface area contributed by atoms with Gasteiger partial charge in [0.1, 0.15) is 6.04 Å². The second kappa shape index (κ2) is 7.40. The Morgan fingerprint density at radius 1 is 1.22 bits per heavy atom. The lowest BCUT2D eigenvalue weighted by Crippen LogP contribution is -2.56. The van der Waals surface area contributed by atoms with Gasteiger partial charge in [0.15, 0.2) is 0 Å². The van der Waals surface area contributed by atoms with E-state index in [1.54, 1.807) is 16.7 Å². The van der Waals surface area contributed by atoms with E-state index in [-0.39, 0.29) is 29.4 Å². The number of amides is 2. The Balaban J connectivity index is 1.84. The minimum Gasteiger partial charge on any atom is -0.391 e. The van der Waals surface area contributed by atoms with Crippen molar-refractivity contribution in [2.24, 2.45) is 5.41 Å². The Morgan fingerprint density at radius 2 is 1.83 bits per heavy atom. The molecule has 0 saturated carbocycles. The van der Waals surface area contributed by atoms with Crippen LogP contribution in [-0.4, -0.2) is 88.1 Å². The molecule has 23 heavy (non-hydrogen) atoms. The average molecular weight is 343 g/mol. The summed E-state index contributed by atoms with van der Waals surface area (Å²) in [4.78, 5) is 30.0. The molecule has 2 saturated heterocycles. The molecule has 0 aliphatic carbocycles. The summed E-state index contributed by atoms with van der Waals surface area (Å²) in [5.74, 6) is 1.35. The van der Waals surface area contributed by atoms with Crippen molar-refractivity contribution in [3.63, 3.8) is 0 Å². The lowest BCUT2D eigenvalue weighted by molar-refractivity contribution is -0.143. The summed E-state index contributed by atoms with van der Waals surface area (Å²) in [6.07, 6.45) is -0.371. The highest BCUT2D eigenvalue weighted by Gasteiger charge is 2.37. The van der Waals surface area contributed by atoms with Gasteiger partial charge in [-0.25, -0.2) is 0 Å². The van der Waals surface area contributed by atoms with E-state index in [4.69, 9.17) is 0 Å². The van der Waals surface area contributed by atoms with Gasteiger partial charge in [-0.2, -0.15) is 0 Å². The fourth-order valence-electron chi connectivity index (χ4n) is 2.84. The van der Waals surface area contributed by atoms with E-state index in [2.05, 4.69) is 4.90 Å². The SMILES string of the molecule is CC(=O)N1CSC[C@H]1C(=O)N1CCN(C[C@H](O)C(C)(C)C)CC1. The van der Waals surface area contributed by atoms with Crippen molar-refractivity contribution in [2.75, 3.05) is 44.4 Å². The third-order valence-electron chi connectivity index (χ3n) is 4.69. The van der Waals surface area contributed by atoms with Gasteiger partial charge in [-0.15, -0.1) is 11.8 Å². The van der Waals surface area contributed by atoms with Crippen LogP contribution in [0.4, 0.5) is 0 Å². The Labute approximate surface area is 143 Å². The van der Waals surface area contributed by atoms with Crippen LogP contribution in [0, 0.1) is 5.41 Å². The Bertz CT molecular complexity index is 444. The zero-order chi connectivity index (χ0) is 17.2. The molecule has 132 valence electrons. The number of β-amino-alcohol motifs (C(OH)–C–C–N with tert-alkyl or cyclic N) is 1. The summed E-state index contributed by atoms with van der Waals surface area (Å²) in [5.41, 5.74) is -0.129. The van der Waals surface area contributed by atoms with Gasteiger partial charge in [-0.3, -0.25) is 14.5 Å². The standard InChI is InChI=1S/C16H29N3O3S/c1-12(20)19-11-23-10-13(19)15(22)18-7-5-17(6-8-18)9-14(21)16(2,3)4/h13-14,21H,5-11H2,1-4H3/t13-,14-/m0/s1. The van der Waals surface area contributed by atoms with Gasteiger partial charge in [0, 0.05) is 45.4 Å². The highest BCUT2D eigenvalue weighted by molar-refractivity contribution is 7.99. The Hall–Kier alpha value is -0.790. The maximum Gasteiger partial charge on any atom is 0.246 e. The van der Waals surface area contributed by atoms with Gasteiger partial charge in [0.25, 0.3) is 0 Å². The molecule has 0 aromatic rings. The molecule has 2 aliphatic heterocycles. The van der Waals surface area contributed by atoms with Crippen molar-refractivity contribution in [1.29, 1.82) is 0 Å². The third-order valence-corrected chi connectivity index (χ3v) is 5.70. The van der Waals surface area contributed by atoms with Crippen LogP contribution >= 0.6 is 11.8 Å². The predicted octanol–water partition coefficient (Wildman–Crippen LogP) is 0.459. The number of piperazine rings is 1. The number of nitrogens with zero attached hydrogens (tertiary/aromatic N) is 3. The van der Waals surface area contributed by atoms with Gasteiger partial charge in [-0.05, 0) is 5.41 Å². The second-order valence-electron chi connectivity index (χ2n) is 7.51. The fourth-order valence-corrected chi connectivity index (χ4v) is 4.05. The zero-order valence-electron chi connectivity index (χ0n) is 14.6. The highest BCUT2D eigenvalue weighted by atomic mass is 32.2. The largest absolute Gasteiger partial charge is 0.391 e. The first-order chi connectivity index (χ1) is 10.7. The van der Waals surface area contributed by atoms with Crippen LogP contribution in [0.1, 0.15) is 27.7 Å². The molecule has 2 amide bonds. The number of rotatable bonds is 3. The van der Waals surface area contributed by atoms with E-state index < -0.39 is 0 Å². The lowest BCUT2D eigenvalue weighted by atomic mass is 9.89. The van der Waals surface area contributed by atoms with Gasteiger partial charge in [0.05, 0.1) is 12.0 Å². The number of hydrogen-bond donors (Lipinski definition) is 1. The van der Waals surface area contributed by atoms with Crippen LogP contribution in [-0.2, 0) is 9.59 Å². The Morgan fingerprint density at radius 3 is 2.35 bits per heavy atom. The summed E-state index contributed by atoms with van der Waals surface area (Å²) in [6, 6.07) is -0.302. The zero-order valence-corrected chi connectivity index (χ0v) is 15.4. The van der Waals surface area contributed by atoms with Crippen molar-refractivity contribution in [3.8, 4) is 0 Å². The molecule has 7 heteroatoms. The quantitative estimate of drug-likeness (QED) is 0.807. The minimum absolute atomic E-state index is 0.0275. The molecule has 6 nitrogen and oxygen atoms in total. The molecule has 2 heterocycles. The average Bonchev–Trinajstić information content (AvgIpc) is 2.96. The van der Waals surface area contributed by atoms with Crippen molar-refractivity contribution in [3.05, 3.63) is 0 Å². The van der Waals surface area contributed by atoms with E-state index in [1.807, 2.05) is 25.7 Å². The van der Waals surface area contributed by atoms with Crippen LogP contribution in [0.3, 0.4) is 0 Å². The highest BCUT2D eigenvalue weighted by Crippen LogP contribution is 2.24. The molecule has 2 atom stereocenters. The van der Waals surface area contributed by atoms with Gasteiger partial charge in [0.2, 0.25) is 11.8 Å². The molecule has 0 aromatic carbocycles. The fraction of sp³-hybridized carbons (Fsp3) is 0.875. The molecule has 0 radical (unpaired) electrons. The summed E-state index contributed by atoms with van der Waals surface area (Å²) in [6.45, 7) is 11.2. The summed E-state index contributed by atoms with van der Waals surface area (Å²) < 4.78 is 0. The predicted molar refractivity (Wildman–Crippen MR) is 92.1 cm³/mol. The van der Waals surface area contributed by atoms with Crippen LogP contribution in [0.2, 0.25) is 0 Å². The first kappa shape index (κ1) is 18.5. The third kappa shape index (κ3) is 4.61. The number of aliphatic hydroxyl groups excluding tert-OH is 1. The Kier molecular flexibility index (Phi) is 5.97. The number of carbonyl (C=O) groups is 2. The topological polar surface area (TPSA) is 64.1 Å². The number of hydrogen-bond acceptors (Lipinski definition) is 5. The normalized spacial score (nSPS) is 24.8. The molecule has 0 bridgehead atoms. The van der Waals surface area contributed by atoms with Crippen LogP contribution < -0.4 is 0 Å². The molecule has 2 fully saturated rings. The van der Waals surface area contributed by atoms with E-state index in [0.29, 0.717) is 31.3 Å². The lowest BCUT2D eigenvalue weighted by Gasteiger charge is -2.39. The maximum atomic E-state index is 12.7. The summed E-state index contributed by atoms with van der Waals surface area (Å²) >= 11 is 1.64. The van der Waals surface area contributed by atoms with Crippen molar-refractivity contribution in [2.45, 2.75) is 39.8 Å². The monoisotopic (exact) mass is 343 g/mol. The summed E-state index contributed by atoms with van der Waals surface area (Å²) in [5, 5.41) is 10.2. The molecular weight excluding hydrogens is 314 g/mol. The van der Waals surface area contributed by atoms with E-state index >= 15 is 0 Å². The minimum atomic E-state index is -0.371. The van der Waals surface area contributed by atoms with E-state index in [9.17, 15) is 14.7 Å². The molecule has 1 N–H and O–H groups in total. The first-order valence-corrected chi connectivity index (χ1v) is 9.40. The van der Waals surface area contributed by atoms with Crippen molar-refractivity contribution >= 4 is 23.6 Å². The molecule has 2 aliphatic rings. The smallest absolute Gasteiger partial charge is 0.246 e. The van der Waals surface area contributed by atoms with E-state index in [0.717, 1.165) is 13.1 Å². The molecule has 2 rings (SSSR count). The van der Waals surface area contributed by atoms with Crippen LogP contribution in [0.25, 0.3) is 0 Å². The molecule has 0 unspecified atom stereocenters. The molecular formula is C16H29N3O3S. The van der Waals surface area contributed by atoms with Crippen molar-refractivity contribution < 1.29 is 14.7 Å². The second-order valence-corrected chi connectivity index (χ2v) is 8.51. The van der Waals surface area contributed by atoms with Gasteiger partial charge in [-0.1, -0.05) is 20.8 Å². The molecule has 0 aromatic heterocycles. The van der Waals surface area contributed by atoms with Crippen molar-refractivity contribution in [1.82, 2.24) is 14.7 Å². The van der Waals surface area contributed by atoms with Gasteiger partial charge >= 0.3 is 0 Å². The number of thioether (sulfide) groups is 1. The maximum absolute atomic E-state index is 12.7. The number of aliphatic hydroxyl groups is 1. The van der Waals surface area contributed by atoms with E-state index in [1.165, 1.54) is 6.92 Å². The number of carbonyl (C=O) groups excluding carboxylic acids is 2.